The molecule has 108 valence electrons. The lowest BCUT2D eigenvalue weighted by Gasteiger charge is -2.25. The molecule has 1 N–H and O–H groups in total. The number of carboxylic acid groups (broad SMARTS) is 1. The number of carboxylic acids is 1. The highest BCUT2D eigenvalue weighted by molar-refractivity contribution is 6.02. The van der Waals surface area contributed by atoms with Crippen LogP contribution in [0.25, 0.3) is 0 Å². The fraction of sp³-hybridized carbons (Fsp3) is 0.467. The second-order valence-electron chi connectivity index (χ2n) is 5.85. The Morgan fingerprint density at radius 3 is 2.60 bits per heavy atom. The number of benzene rings is 1. The predicted molar refractivity (Wildman–Crippen MR) is 74.8 cm³/mol. The zero-order valence-electron chi connectivity index (χ0n) is 11.9. The van der Waals surface area contributed by atoms with Crippen LogP contribution in [0.15, 0.2) is 24.3 Å². The average molecular weight is 277 g/mol. The highest BCUT2D eigenvalue weighted by atomic mass is 16.5. The molecule has 1 atom stereocenters. The summed E-state index contributed by atoms with van der Waals surface area (Å²) in [6.07, 6.45) is 0.340. The van der Waals surface area contributed by atoms with Crippen LogP contribution in [0.5, 0.6) is 0 Å². The van der Waals surface area contributed by atoms with Crippen LogP contribution in [0, 0.1) is 0 Å². The Hall–Kier alpha value is -1.88. The normalized spacial score (nSPS) is 17.9. The van der Waals surface area contributed by atoms with E-state index >= 15 is 0 Å². The third-order valence-corrected chi connectivity index (χ3v) is 3.16. The number of amides is 1. The van der Waals surface area contributed by atoms with E-state index in [4.69, 9.17) is 4.74 Å². The van der Waals surface area contributed by atoms with Crippen molar-refractivity contribution in [2.45, 2.75) is 38.8 Å². The number of aliphatic carboxylic acids is 1. The lowest BCUT2D eigenvalue weighted by Crippen LogP contribution is -2.45. The van der Waals surface area contributed by atoms with E-state index in [0.717, 1.165) is 5.56 Å². The first kappa shape index (κ1) is 14.5. The van der Waals surface area contributed by atoms with Crippen molar-refractivity contribution in [2.75, 3.05) is 11.5 Å². The van der Waals surface area contributed by atoms with Gasteiger partial charge in [0.25, 0.3) is 5.91 Å². The van der Waals surface area contributed by atoms with Gasteiger partial charge in [0.1, 0.15) is 12.6 Å². The van der Waals surface area contributed by atoms with Gasteiger partial charge in [-0.1, -0.05) is 18.2 Å². The molecule has 0 saturated carbocycles. The van der Waals surface area contributed by atoms with Crippen LogP contribution >= 0.6 is 0 Å². The number of hydrogen-bond acceptors (Lipinski definition) is 3. The molecule has 0 radical (unpaired) electrons. The van der Waals surface area contributed by atoms with E-state index < -0.39 is 17.6 Å². The Labute approximate surface area is 118 Å². The first-order chi connectivity index (χ1) is 9.29. The molecule has 5 heteroatoms. The number of hydrogen-bond donors (Lipinski definition) is 1. The van der Waals surface area contributed by atoms with E-state index in [1.54, 1.807) is 12.1 Å². The molecular weight excluding hydrogens is 258 g/mol. The van der Waals surface area contributed by atoms with Crippen LogP contribution in [-0.2, 0) is 20.7 Å². The molecule has 0 saturated heterocycles. The zero-order chi connectivity index (χ0) is 14.9. The van der Waals surface area contributed by atoms with Crippen LogP contribution < -0.4 is 4.90 Å². The third kappa shape index (κ3) is 2.99. The topological polar surface area (TPSA) is 66.8 Å². The van der Waals surface area contributed by atoms with Crippen LogP contribution in [0.1, 0.15) is 26.3 Å². The van der Waals surface area contributed by atoms with E-state index in [1.807, 2.05) is 32.9 Å². The molecule has 0 bridgehead atoms. The lowest BCUT2D eigenvalue weighted by atomic mass is 10.1. The minimum Gasteiger partial charge on any atom is -0.480 e. The second-order valence-corrected chi connectivity index (χ2v) is 5.85. The van der Waals surface area contributed by atoms with Gasteiger partial charge < -0.3 is 9.84 Å². The smallest absolute Gasteiger partial charge is 0.327 e. The molecule has 1 heterocycles. The second kappa shape index (κ2) is 5.25. The Kier molecular flexibility index (Phi) is 3.81. The Morgan fingerprint density at radius 1 is 1.35 bits per heavy atom. The number of ether oxygens (including phenoxy) is 1. The van der Waals surface area contributed by atoms with Crippen molar-refractivity contribution < 1.29 is 19.4 Å². The minimum absolute atomic E-state index is 0.123. The van der Waals surface area contributed by atoms with Crippen molar-refractivity contribution in [3.63, 3.8) is 0 Å². The van der Waals surface area contributed by atoms with Crippen LogP contribution in [0.3, 0.4) is 0 Å². The van der Waals surface area contributed by atoms with Crippen LogP contribution in [0.4, 0.5) is 5.69 Å². The molecule has 2 rings (SSSR count). The van der Waals surface area contributed by atoms with Gasteiger partial charge in [-0.2, -0.15) is 0 Å². The van der Waals surface area contributed by atoms with Gasteiger partial charge in [-0.3, -0.25) is 9.69 Å². The minimum atomic E-state index is -0.995. The molecule has 0 fully saturated rings. The molecule has 20 heavy (non-hydrogen) atoms. The number of nitrogens with zero attached hydrogens (tertiary/aromatic N) is 1. The summed E-state index contributed by atoms with van der Waals surface area (Å²) in [4.78, 5) is 25.0. The molecule has 0 aliphatic carbocycles. The van der Waals surface area contributed by atoms with Crippen molar-refractivity contribution in [3.05, 3.63) is 29.8 Å². The number of fused-ring (bicyclic) bond motifs is 1. The van der Waals surface area contributed by atoms with Crippen molar-refractivity contribution in [1.82, 2.24) is 0 Å². The number of rotatable bonds is 3. The van der Waals surface area contributed by atoms with Gasteiger partial charge in [0.15, 0.2) is 0 Å². The third-order valence-electron chi connectivity index (χ3n) is 3.16. The largest absolute Gasteiger partial charge is 0.480 e. The van der Waals surface area contributed by atoms with Gasteiger partial charge >= 0.3 is 5.97 Å². The highest BCUT2D eigenvalue weighted by Crippen LogP contribution is 2.32. The molecule has 5 nitrogen and oxygen atoms in total. The molecule has 1 aliphatic rings. The molecular formula is C15H19NO4. The first-order valence-electron chi connectivity index (χ1n) is 6.56. The number of carbonyl (C=O) groups excluding carboxylic acids is 1. The Morgan fingerprint density at radius 2 is 2.00 bits per heavy atom. The fourth-order valence-electron chi connectivity index (χ4n) is 2.24. The molecule has 1 aromatic carbocycles. The van der Waals surface area contributed by atoms with E-state index in [1.165, 1.54) is 4.90 Å². The summed E-state index contributed by atoms with van der Waals surface area (Å²) in [6.45, 7) is 5.44. The predicted octanol–water partition coefficient (Wildman–Crippen LogP) is 1.84. The highest BCUT2D eigenvalue weighted by Gasteiger charge is 2.38. The Balaban J connectivity index is 2.22. The number of para-hydroxylation sites is 1. The van der Waals surface area contributed by atoms with E-state index in [-0.39, 0.29) is 12.5 Å². The van der Waals surface area contributed by atoms with Crippen molar-refractivity contribution in [1.29, 1.82) is 0 Å². The zero-order valence-corrected chi connectivity index (χ0v) is 11.9. The van der Waals surface area contributed by atoms with Crippen LogP contribution in [-0.4, -0.2) is 35.2 Å². The monoisotopic (exact) mass is 277 g/mol. The maximum atomic E-state index is 12.3. The summed E-state index contributed by atoms with van der Waals surface area (Å²) >= 11 is 0. The molecule has 0 spiro atoms. The number of anilines is 1. The van der Waals surface area contributed by atoms with Gasteiger partial charge in [-0.25, -0.2) is 4.79 Å². The van der Waals surface area contributed by atoms with Crippen molar-refractivity contribution in [2.24, 2.45) is 0 Å². The van der Waals surface area contributed by atoms with E-state index in [9.17, 15) is 14.7 Å². The molecule has 1 aromatic rings. The standard InChI is InChI=1S/C15H19NO4/c1-15(2,3)20-9-13(17)16-11-7-5-4-6-10(11)8-12(16)14(18)19/h4-7,12H,8-9H2,1-3H3,(H,18,19). The molecule has 1 unspecified atom stereocenters. The first-order valence-corrected chi connectivity index (χ1v) is 6.56. The summed E-state index contributed by atoms with van der Waals surface area (Å²) in [5.41, 5.74) is 1.11. The quantitative estimate of drug-likeness (QED) is 0.915. The van der Waals surface area contributed by atoms with Crippen molar-refractivity contribution >= 4 is 17.6 Å². The molecule has 0 aromatic heterocycles. The van der Waals surface area contributed by atoms with Crippen LogP contribution in [0.2, 0.25) is 0 Å². The van der Waals surface area contributed by atoms with Gasteiger partial charge in [0.05, 0.1) is 5.60 Å². The van der Waals surface area contributed by atoms with E-state index in [2.05, 4.69) is 0 Å². The molecule has 1 amide bonds. The molecule has 1 aliphatic heterocycles. The fourth-order valence-corrected chi connectivity index (χ4v) is 2.24. The summed E-state index contributed by atoms with van der Waals surface area (Å²) in [6, 6.07) is 6.42. The maximum Gasteiger partial charge on any atom is 0.327 e. The average Bonchev–Trinajstić information content (AvgIpc) is 2.74. The van der Waals surface area contributed by atoms with Crippen molar-refractivity contribution in [3.8, 4) is 0 Å². The van der Waals surface area contributed by atoms with E-state index in [0.29, 0.717) is 12.1 Å². The van der Waals surface area contributed by atoms with Gasteiger partial charge in [0.2, 0.25) is 0 Å². The lowest BCUT2D eigenvalue weighted by molar-refractivity contribution is -0.141. The van der Waals surface area contributed by atoms with Gasteiger partial charge in [0, 0.05) is 12.1 Å². The summed E-state index contributed by atoms with van der Waals surface area (Å²) in [5, 5.41) is 9.30. The SMILES string of the molecule is CC(C)(C)OCC(=O)N1c2ccccc2CC1C(=O)O. The Bertz CT molecular complexity index is 533. The van der Waals surface area contributed by atoms with Gasteiger partial charge in [-0.05, 0) is 32.4 Å². The summed E-state index contributed by atoms with van der Waals surface area (Å²) in [7, 11) is 0. The maximum absolute atomic E-state index is 12.3. The van der Waals surface area contributed by atoms with Gasteiger partial charge in [-0.15, -0.1) is 0 Å². The summed E-state index contributed by atoms with van der Waals surface area (Å²) < 4.78 is 5.46. The summed E-state index contributed by atoms with van der Waals surface area (Å²) in [5.74, 6) is -1.32. The number of carbonyl (C=O) groups is 2.